The quantitative estimate of drug-likeness (QED) is 0.516. The van der Waals surface area contributed by atoms with Gasteiger partial charge in [0.15, 0.2) is 0 Å². The first kappa shape index (κ1) is 24.8. The van der Waals surface area contributed by atoms with E-state index in [4.69, 9.17) is 4.74 Å². The number of ether oxygens (including phenoxy) is 1. The van der Waals surface area contributed by atoms with Crippen LogP contribution in [0.25, 0.3) is 11.1 Å². The van der Waals surface area contributed by atoms with Gasteiger partial charge in [-0.3, -0.25) is 9.59 Å². The molecule has 0 aromatic heterocycles. The first-order chi connectivity index (χ1) is 16.7. The zero-order chi connectivity index (χ0) is 25.2. The van der Waals surface area contributed by atoms with E-state index in [1.54, 1.807) is 0 Å². The Kier molecular flexibility index (Phi) is 7.15. The smallest absolute Gasteiger partial charge is 0.407 e. The number of carboxylic acid groups (broad SMARTS) is 1. The Labute approximate surface area is 206 Å². The van der Waals surface area contributed by atoms with E-state index in [1.165, 1.54) is 0 Å². The summed E-state index contributed by atoms with van der Waals surface area (Å²) in [7, 11) is 0. The van der Waals surface area contributed by atoms with Crippen molar-refractivity contribution in [2.24, 2.45) is 17.3 Å². The van der Waals surface area contributed by atoms with E-state index in [2.05, 4.69) is 22.8 Å². The standard InChI is InChI=1S/C28H34N2O5/c1-28(2,3)24(25(31)29-15-22(26(32)33)17-9-8-10-17)30-27(34)35-16-23-20-13-6-4-11-18(20)19-12-5-7-14-21(19)23/h4-7,11-14,17,22-24H,8-10,15-16H2,1-3H3,(H,29,31)(H,30,34)(H,32,33). The number of amides is 2. The molecule has 7 nitrogen and oxygen atoms in total. The van der Waals surface area contributed by atoms with Gasteiger partial charge in [-0.25, -0.2) is 4.79 Å². The molecule has 0 heterocycles. The fourth-order valence-electron chi connectivity index (χ4n) is 5.04. The topological polar surface area (TPSA) is 105 Å². The second-order valence-electron chi connectivity index (χ2n) is 10.6. The van der Waals surface area contributed by atoms with Gasteiger partial charge in [0.1, 0.15) is 12.6 Å². The largest absolute Gasteiger partial charge is 0.481 e. The van der Waals surface area contributed by atoms with Gasteiger partial charge in [-0.15, -0.1) is 0 Å². The Morgan fingerprint density at radius 3 is 2.06 bits per heavy atom. The number of carbonyl (C=O) groups excluding carboxylic acids is 2. The predicted molar refractivity (Wildman–Crippen MR) is 133 cm³/mol. The molecule has 2 atom stereocenters. The Morgan fingerprint density at radius 2 is 1.57 bits per heavy atom. The van der Waals surface area contributed by atoms with Crippen LogP contribution in [0.15, 0.2) is 48.5 Å². The summed E-state index contributed by atoms with van der Waals surface area (Å²) in [5, 5.41) is 15.0. The number of alkyl carbamates (subject to hydrolysis) is 1. The molecule has 3 N–H and O–H groups in total. The first-order valence-corrected chi connectivity index (χ1v) is 12.3. The van der Waals surface area contributed by atoms with Crippen LogP contribution in [0.1, 0.15) is 57.1 Å². The molecule has 2 aromatic rings. The molecule has 2 aliphatic rings. The van der Waals surface area contributed by atoms with Crippen molar-refractivity contribution in [2.75, 3.05) is 13.2 Å². The summed E-state index contributed by atoms with van der Waals surface area (Å²) < 4.78 is 5.62. The molecule has 2 amide bonds. The van der Waals surface area contributed by atoms with Crippen molar-refractivity contribution in [3.63, 3.8) is 0 Å². The van der Waals surface area contributed by atoms with Crippen LogP contribution in [0.2, 0.25) is 0 Å². The lowest BCUT2D eigenvalue weighted by Gasteiger charge is -2.33. The van der Waals surface area contributed by atoms with Gasteiger partial charge in [0.2, 0.25) is 5.91 Å². The SMILES string of the molecule is CC(C)(C)C(NC(=O)OCC1c2ccccc2-c2ccccc21)C(=O)NCC(C(=O)O)C1CCC1. The Bertz CT molecular complexity index is 1060. The van der Waals surface area contributed by atoms with Crippen molar-refractivity contribution in [3.8, 4) is 11.1 Å². The second kappa shape index (κ2) is 10.1. The number of benzene rings is 2. The second-order valence-corrected chi connectivity index (χ2v) is 10.6. The van der Waals surface area contributed by atoms with E-state index in [-0.39, 0.29) is 25.0 Å². The number of carboxylic acids is 1. The molecule has 2 aromatic carbocycles. The third-order valence-corrected chi connectivity index (χ3v) is 7.27. The van der Waals surface area contributed by atoms with E-state index in [9.17, 15) is 19.5 Å². The minimum atomic E-state index is -0.896. The lowest BCUT2D eigenvalue weighted by atomic mass is 9.75. The maximum atomic E-state index is 13.0. The Hall–Kier alpha value is -3.35. The van der Waals surface area contributed by atoms with Crippen molar-refractivity contribution < 1.29 is 24.2 Å². The summed E-state index contributed by atoms with van der Waals surface area (Å²) >= 11 is 0. The Morgan fingerprint density at radius 1 is 1.00 bits per heavy atom. The summed E-state index contributed by atoms with van der Waals surface area (Å²) in [6.45, 7) is 5.75. The zero-order valence-electron chi connectivity index (χ0n) is 20.5. The molecule has 7 heteroatoms. The van der Waals surface area contributed by atoms with Gasteiger partial charge in [-0.1, -0.05) is 75.7 Å². The molecule has 2 aliphatic carbocycles. The van der Waals surface area contributed by atoms with E-state index in [0.717, 1.165) is 41.5 Å². The average molecular weight is 479 g/mol. The molecule has 0 spiro atoms. The maximum Gasteiger partial charge on any atom is 0.407 e. The summed E-state index contributed by atoms with van der Waals surface area (Å²) in [6, 6.07) is 15.3. The fraction of sp³-hybridized carbons (Fsp3) is 0.464. The van der Waals surface area contributed by atoms with E-state index >= 15 is 0 Å². The molecule has 2 unspecified atom stereocenters. The summed E-state index contributed by atoms with van der Waals surface area (Å²) in [6.07, 6.45) is 2.09. The molecule has 0 saturated heterocycles. The van der Waals surface area contributed by atoms with Crippen LogP contribution in [0.4, 0.5) is 4.79 Å². The first-order valence-electron chi connectivity index (χ1n) is 12.3. The molecule has 35 heavy (non-hydrogen) atoms. The number of fused-ring (bicyclic) bond motifs is 3. The number of hydrogen-bond donors (Lipinski definition) is 3. The van der Waals surface area contributed by atoms with Crippen LogP contribution in [0.5, 0.6) is 0 Å². The van der Waals surface area contributed by atoms with Gasteiger partial charge in [0.05, 0.1) is 5.92 Å². The summed E-state index contributed by atoms with van der Waals surface area (Å²) in [4.78, 5) is 37.4. The predicted octanol–water partition coefficient (Wildman–Crippen LogP) is 4.56. The minimum Gasteiger partial charge on any atom is -0.481 e. The fourth-order valence-corrected chi connectivity index (χ4v) is 5.04. The van der Waals surface area contributed by atoms with Gasteiger partial charge in [-0.05, 0) is 46.4 Å². The lowest BCUT2D eigenvalue weighted by Crippen LogP contribution is -2.55. The van der Waals surface area contributed by atoms with Crippen molar-refractivity contribution in [1.29, 1.82) is 0 Å². The average Bonchev–Trinajstić information content (AvgIpc) is 3.10. The highest BCUT2D eigenvalue weighted by Gasteiger charge is 2.37. The van der Waals surface area contributed by atoms with Gasteiger partial charge >= 0.3 is 12.1 Å². The van der Waals surface area contributed by atoms with Crippen LogP contribution >= 0.6 is 0 Å². The highest BCUT2D eigenvalue weighted by Crippen LogP contribution is 2.44. The number of hydrogen-bond acceptors (Lipinski definition) is 4. The highest BCUT2D eigenvalue weighted by atomic mass is 16.5. The van der Waals surface area contributed by atoms with Crippen LogP contribution in [-0.4, -0.2) is 42.3 Å². The molecule has 186 valence electrons. The third-order valence-electron chi connectivity index (χ3n) is 7.27. The normalized spacial score (nSPS) is 16.9. The van der Waals surface area contributed by atoms with E-state index in [0.29, 0.717) is 0 Å². The van der Waals surface area contributed by atoms with Crippen molar-refractivity contribution in [3.05, 3.63) is 59.7 Å². The van der Waals surface area contributed by atoms with Crippen LogP contribution in [-0.2, 0) is 14.3 Å². The van der Waals surface area contributed by atoms with Gasteiger partial charge in [0.25, 0.3) is 0 Å². The lowest BCUT2D eigenvalue weighted by molar-refractivity contribution is -0.145. The molecule has 0 bridgehead atoms. The summed E-state index contributed by atoms with van der Waals surface area (Å²) in [5.41, 5.74) is 3.92. The molecule has 1 saturated carbocycles. The van der Waals surface area contributed by atoms with Crippen molar-refractivity contribution >= 4 is 18.0 Å². The number of aliphatic carboxylic acids is 1. The van der Waals surface area contributed by atoms with E-state index in [1.807, 2.05) is 57.2 Å². The minimum absolute atomic E-state index is 0.0534. The van der Waals surface area contributed by atoms with E-state index < -0.39 is 35.3 Å². The van der Waals surface area contributed by atoms with Crippen LogP contribution < -0.4 is 10.6 Å². The summed E-state index contributed by atoms with van der Waals surface area (Å²) in [5.74, 6) is -1.89. The molecular formula is C28H34N2O5. The maximum absolute atomic E-state index is 13.0. The number of carbonyl (C=O) groups is 3. The third kappa shape index (κ3) is 5.34. The molecule has 4 rings (SSSR count). The molecule has 0 radical (unpaired) electrons. The number of rotatable bonds is 8. The van der Waals surface area contributed by atoms with Gasteiger partial charge in [-0.2, -0.15) is 0 Å². The highest BCUT2D eigenvalue weighted by molar-refractivity contribution is 5.87. The van der Waals surface area contributed by atoms with Crippen molar-refractivity contribution in [2.45, 2.75) is 52.0 Å². The number of nitrogens with one attached hydrogen (secondary N) is 2. The van der Waals surface area contributed by atoms with Crippen LogP contribution in [0, 0.1) is 17.3 Å². The molecule has 0 aliphatic heterocycles. The molecule has 1 fully saturated rings. The van der Waals surface area contributed by atoms with Gasteiger partial charge in [0, 0.05) is 12.5 Å². The van der Waals surface area contributed by atoms with Crippen molar-refractivity contribution in [1.82, 2.24) is 10.6 Å². The monoisotopic (exact) mass is 478 g/mol. The van der Waals surface area contributed by atoms with Gasteiger partial charge < -0.3 is 20.5 Å². The Balaban J connectivity index is 1.39. The molecular weight excluding hydrogens is 444 g/mol. The zero-order valence-corrected chi connectivity index (χ0v) is 20.5. The van der Waals surface area contributed by atoms with Crippen LogP contribution in [0.3, 0.4) is 0 Å².